The molecule has 2 aliphatic heterocycles. The Balaban J connectivity index is 1.96. The van der Waals surface area contributed by atoms with Gasteiger partial charge in [0.05, 0.1) is 16.6 Å². The molecule has 0 bridgehead atoms. The topological polar surface area (TPSA) is 95.1 Å². The molecule has 2 aliphatic rings. The molecule has 3 aromatic carbocycles. The molecular weight excluding hydrogens is 582 g/mol. The van der Waals surface area contributed by atoms with Crippen LogP contribution in [0.3, 0.4) is 0 Å². The molecule has 0 aliphatic carbocycles. The van der Waals surface area contributed by atoms with E-state index in [4.69, 9.17) is 0 Å². The highest BCUT2D eigenvalue weighted by Crippen LogP contribution is 2.60. The summed E-state index contributed by atoms with van der Waals surface area (Å²) in [7, 11) is -1.75. The van der Waals surface area contributed by atoms with Gasteiger partial charge in [-0.1, -0.05) is 70.0 Å². The summed E-state index contributed by atoms with van der Waals surface area (Å²) in [4.78, 5) is 43.3. The average Bonchev–Trinajstić information content (AvgIpc) is 2.93. The molecular formula is C29H26BrN3O5S. The minimum atomic E-state index is -4.35. The van der Waals surface area contributed by atoms with Gasteiger partial charge in [0.15, 0.2) is 5.41 Å². The minimum Gasteiger partial charge on any atom is -0.273 e. The van der Waals surface area contributed by atoms with Crippen LogP contribution in [0.4, 0.5) is 10.5 Å². The van der Waals surface area contributed by atoms with Crippen LogP contribution in [0.25, 0.3) is 0 Å². The third kappa shape index (κ3) is 3.76. The lowest BCUT2D eigenvalue weighted by Crippen LogP contribution is -2.70. The summed E-state index contributed by atoms with van der Waals surface area (Å²) < 4.78 is 30.9. The maximum absolute atomic E-state index is 14.6. The van der Waals surface area contributed by atoms with Crippen molar-refractivity contribution in [2.45, 2.75) is 23.8 Å². The van der Waals surface area contributed by atoms with Crippen molar-refractivity contribution in [3.8, 4) is 0 Å². The average molecular weight is 609 g/mol. The number of anilines is 1. The van der Waals surface area contributed by atoms with E-state index in [0.29, 0.717) is 21.3 Å². The number of halogens is 1. The van der Waals surface area contributed by atoms with Gasteiger partial charge in [-0.05, 0) is 48.4 Å². The molecule has 3 aromatic rings. The predicted molar refractivity (Wildman–Crippen MR) is 150 cm³/mol. The summed E-state index contributed by atoms with van der Waals surface area (Å²) in [6.45, 7) is 5.82. The summed E-state index contributed by atoms with van der Waals surface area (Å²) in [5.74, 6) is -2.56. The largest absolute Gasteiger partial charge is 0.332 e. The normalized spacial score (nSPS) is 20.8. The van der Waals surface area contributed by atoms with Gasteiger partial charge in [-0.15, -0.1) is 6.58 Å². The second-order valence-electron chi connectivity index (χ2n) is 9.72. The van der Waals surface area contributed by atoms with Gasteiger partial charge in [0, 0.05) is 24.5 Å². The van der Waals surface area contributed by atoms with Gasteiger partial charge >= 0.3 is 6.03 Å². The summed E-state index contributed by atoms with van der Waals surface area (Å²) in [6, 6.07) is 17.9. The lowest BCUT2D eigenvalue weighted by atomic mass is 9.60. The third-order valence-corrected chi connectivity index (χ3v) is 9.82. The van der Waals surface area contributed by atoms with E-state index in [1.807, 2.05) is 6.92 Å². The van der Waals surface area contributed by atoms with E-state index in [9.17, 15) is 22.8 Å². The van der Waals surface area contributed by atoms with Gasteiger partial charge in [0.2, 0.25) is 11.8 Å². The van der Waals surface area contributed by atoms with Gasteiger partial charge in [-0.3, -0.25) is 23.7 Å². The number of aryl methyl sites for hydroxylation is 1. The number of hydrogen-bond acceptors (Lipinski definition) is 5. The van der Waals surface area contributed by atoms with Crippen LogP contribution in [-0.4, -0.2) is 50.2 Å². The highest BCUT2D eigenvalue weighted by atomic mass is 79.9. The maximum atomic E-state index is 14.6. The molecule has 1 spiro atoms. The number of benzene rings is 3. The van der Waals surface area contributed by atoms with Crippen molar-refractivity contribution < 1.29 is 22.8 Å². The Kier molecular flexibility index (Phi) is 6.51. The Morgan fingerprint density at radius 2 is 1.49 bits per heavy atom. The molecule has 0 N–H and O–H groups in total. The van der Waals surface area contributed by atoms with Gasteiger partial charge in [-0.25, -0.2) is 13.2 Å². The van der Waals surface area contributed by atoms with Crippen LogP contribution in [0, 0.1) is 12.3 Å². The number of fused-ring (bicyclic) bond motifs is 1. The van der Waals surface area contributed by atoms with Crippen LogP contribution in [0.15, 0.2) is 94.8 Å². The zero-order valence-corrected chi connectivity index (χ0v) is 23.9. The van der Waals surface area contributed by atoms with Crippen molar-refractivity contribution in [2.24, 2.45) is 5.41 Å². The highest BCUT2D eigenvalue weighted by Gasteiger charge is 2.68. The standard InChI is InChI=1S/C29H26BrN3O5S/c1-5-23-22-17-20(30)13-16-24(22)33(39(37,38)21-14-11-18(2)12-15-21)25(19-9-7-6-8-10-19)29(23)26(34)31(3)28(36)32(4)27(29)35/h5-17,23,25H,1H2,2-4H3/t23-,25-/m0/s1. The molecule has 0 aromatic heterocycles. The first-order chi connectivity index (χ1) is 18.5. The summed E-state index contributed by atoms with van der Waals surface area (Å²) in [5.41, 5.74) is -0.0388. The fourth-order valence-corrected chi connectivity index (χ4v) is 7.77. The number of nitrogens with zero attached hydrogens (tertiary/aromatic N) is 3. The number of urea groups is 1. The molecule has 0 unspecified atom stereocenters. The molecule has 2 heterocycles. The highest BCUT2D eigenvalue weighted by molar-refractivity contribution is 9.10. The van der Waals surface area contributed by atoms with Gasteiger partial charge in [0.25, 0.3) is 10.0 Å². The van der Waals surface area contributed by atoms with Crippen molar-refractivity contribution in [2.75, 3.05) is 18.4 Å². The van der Waals surface area contributed by atoms with Crippen LogP contribution in [0.2, 0.25) is 0 Å². The molecule has 10 heteroatoms. The third-order valence-electron chi connectivity index (χ3n) is 7.54. The number of rotatable bonds is 4. The smallest absolute Gasteiger partial charge is 0.273 e. The van der Waals surface area contributed by atoms with E-state index in [1.54, 1.807) is 60.7 Å². The van der Waals surface area contributed by atoms with Gasteiger partial charge < -0.3 is 0 Å². The summed E-state index contributed by atoms with van der Waals surface area (Å²) in [6.07, 6.45) is 1.49. The van der Waals surface area contributed by atoms with E-state index in [-0.39, 0.29) is 4.90 Å². The molecule has 2 atom stereocenters. The fourth-order valence-electron chi connectivity index (χ4n) is 5.70. The number of carbonyl (C=O) groups is 3. The Morgan fingerprint density at radius 1 is 0.897 bits per heavy atom. The van der Waals surface area contributed by atoms with E-state index < -0.39 is 45.2 Å². The van der Waals surface area contributed by atoms with Crippen molar-refractivity contribution in [3.05, 3.63) is 107 Å². The first-order valence-corrected chi connectivity index (χ1v) is 14.4. The molecule has 4 amide bonds. The van der Waals surface area contributed by atoms with Crippen LogP contribution < -0.4 is 4.31 Å². The van der Waals surface area contributed by atoms with Gasteiger partial charge in [0.1, 0.15) is 0 Å². The quantitative estimate of drug-likeness (QED) is 0.307. The monoisotopic (exact) mass is 607 g/mol. The lowest BCUT2D eigenvalue weighted by molar-refractivity contribution is -0.160. The van der Waals surface area contributed by atoms with E-state index in [0.717, 1.165) is 15.4 Å². The molecule has 1 fully saturated rings. The zero-order chi connectivity index (χ0) is 28.3. The van der Waals surface area contributed by atoms with Crippen LogP contribution >= 0.6 is 15.9 Å². The second kappa shape index (κ2) is 9.46. The number of sulfonamides is 1. The van der Waals surface area contributed by atoms with E-state index >= 15 is 0 Å². The zero-order valence-electron chi connectivity index (χ0n) is 21.5. The maximum Gasteiger partial charge on any atom is 0.332 e. The molecule has 8 nitrogen and oxygen atoms in total. The molecule has 5 rings (SSSR count). The molecule has 1 saturated heterocycles. The van der Waals surface area contributed by atoms with Crippen molar-refractivity contribution >= 4 is 49.5 Å². The first kappa shape index (κ1) is 26.8. The number of amides is 4. The number of imide groups is 2. The van der Waals surface area contributed by atoms with Crippen molar-refractivity contribution in [1.29, 1.82) is 0 Å². The predicted octanol–water partition coefficient (Wildman–Crippen LogP) is 5.01. The van der Waals surface area contributed by atoms with E-state index in [2.05, 4.69) is 22.5 Å². The number of barbiturate groups is 1. The second-order valence-corrected chi connectivity index (χ2v) is 12.5. The Hall–Kier alpha value is -3.76. The first-order valence-electron chi connectivity index (χ1n) is 12.2. The molecule has 39 heavy (non-hydrogen) atoms. The minimum absolute atomic E-state index is 0.00333. The molecule has 0 saturated carbocycles. The lowest BCUT2D eigenvalue weighted by Gasteiger charge is -2.55. The van der Waals surface area contributed by atoms with Crippen LogP contribution in [-0.2, 0) is 19.6 Å². The van der Waals surface area contributed by atoms with Crippen LogP contribution in [0.5, 0.6) is 0 Å². The fraction of sp³-hybridized carbons (Fsp3) is 0.207. The number of carbonyl (C=O) groups excluding carboxylic acids is 3. The molecule has 0 radical (unpaired) electrons. The number of allylic oxidation sites excluding steroid dienone is 1. The Labute approximate surface area is 235 Å². The summed E-state index contributed by atoms with van der Waals surface area (Å²) in [5, 5.41) is 0. The Morgan fingerprint density at radius 3 is 2.05 bits per heavy atom. The number of hydrogen-bond donors (Lipinski definition) is 0. The molecule has 200 valence electrons. The van der Waals surface area contributed by atoms with Crippen LogP contribution in [0.1, 0.15) is 28.7 Å². The summed E-state index contributed by atoms with van der Waals surface area (Å²) >= 11 is 3.46. The van der Waals surface area contributed by atoms with Crippen molar-refractivity contribution in [3.63, 3.8) is 0 Å². The van der Waals surface area contributed by atoms with Crippen molar-refractivity contribution in [1.82, 2.24) is 9.80 Å². The Bertz CT molecular complexity index is 1600. The van der Waals surface area contributed by atoms with Gasteiger partial charge in [-0.2, -0.15) is 0 Å². The van der Waals surface area contributed by atoms with E-state index in [1.165, 1.54) is 36.6 Å². The SMILES string of the molecule is C=C[C@H]1c2cc(Br)ccc2N(S(=O)(=O)c2ccc(C)cc2)[C@@H](c2ccccc2)C12C(=O)N(C)C(=O)N(C)C2=O.